The van der Waals surface area contributed by atoms with Crippen LogP contribution < -0.4 is 4.74 Å². The average Bonchev–Trinajstić information content (AvgIpc) is 2.90. The Morgan fingerprint density at radius 3 is 2.09 bits per heavy atom. The smallest absolute Gasteiger partial charge is 0.322 e. The van der Waals surface area contributed by atoms with Gasteiger partial charge in [0.15, 0.2) is 5.92 Å². The van der Waals surface area contributed by atoms with Gasteiger partial charge in [-0.1, -0.05) is 12.1 Å². The molecule has 7 heteroatoms. The Morgan fingerprint density at radius 2 is 1.59 bits per heavy atom. The minimum absolute atomic E-state index is 0.566. The van der Waals surface area contributed by atoms with Crippen molar-refractivity contribution < 1.29 is 33.3 Å². The van der Waals surface area contributed by atoms with Crippen molar-refractivity contribution in [2.24, 2.45) is 11.8 Å². The summed E-state index contributed by atoms with van der Waals surface area (Å²) >= 11 is 0. The number of hydrogen-bond donors (Lipinski definition) is 0. The molecular weight excluding hydrogens is 292 g/mol. The van der Waals surface area contributed by atoms with Gasteiger partial charge in [-0.2, -0.15) is 0 Å². The molecule has 1 heterocycles. The first-order valence-corrected chi connectivity index (χ1v) is 6.53. The summed E-state index contributed by atoms with van der Waals surface area (Å²) in [6, 6.07) is 6.66. The van der Waals surface area contributed by atoms with Crippen LogP contribution in [-0.2, 0) is 28.6 Å². The number of hydrogen-bond acceptors (Lipinski definition) is 7. The zero-order valence-corrected chi connectivity index (χ0v) is 12.4. The second-order valence-corrected chi connectivity index (χ2v) is 4.68. The van der Waals surface area contributed by atoms with Crippen LogP contribution in [-0.4, -0.2) is 39.2 Å². The Hall–Kier alpha value is -2.57. The molecule has 1 aromatic carbocycles. The molecule has 1 saturated heterocycles. The highest BCUT2D eigenvalue weighted by molar-refractivity contribution is 6.01. The molecule has 118 valence electrons. The van der Waals surface area contributed by atoms with Crippen LogP contribution in [0, 0.1) is 11.8 Å². The monoisotopic (exact) mass is 308 g/mol. The van der Waals surface area contributed by atoms with E-state index in [2.05, 4.69) is 4.74 Å². The van der Waals surface area contributed by atoms with Crippen LogP contribution >= 0.6 is 0 Å². The number of methoxy groups -OCH3 is 3. The first-order valence-electron chi connectivity index (χ1n) is 6.53. The van der Waals surface area contributed by atoms with Gasteiger partial charge in [-0.3, -0.25) is 14.4 Å². The minimum atomic E-state index is -1.33. The molecule has 3 atom stereocenters. The average molecular weight is 308 g/mol. The third kappa shape index (κ3) is 2.74. The maximum atomic E-state index is 12.0. The van der Waals surface area contributed by atoms with E-state index in [1.807, 2.05) is 0 Å². The molecule has 0 amide bonds. The largest absolute Gasteiger partial charge is 0.497 e. The lowest BCUT2D eigenvalue weighted by Gasteiger charge is -2.18. The summed E-state index contributed by atoms with van der Waals surface area (Å²) in [6.07, 6.45) is -0.907. The van der Waals surface area contributed by atoms with Crippen molar-refractivity contribution in [3.63, 3.8) is 0 Å². The van der Waals surface area contributed by atoms with Gasteiger partial charge in [0.05, 0.1) is 21.3 Å². The van der Waals surface area contributed by atoms with Crippen molar-refractivity contribution >= 4 is 17.9 Å². The molecule has 1 aliphatic heterocycles. The molecule has 0 unspecified atom stereocenters. The summed E-state index contributed by atoms with van der Waals surface area (Å²) < 4.78 is 19.5. The molecule has 1 aliphatic rings. The van der Waals surface area contributed by atoms with Gasteiger partial charge in [-0.15, -0.1) is 0 Å². The lowest BCUT2D eigenvalue weighted by molar-refractivity contribution is -0.159. The molecule has 0 aliphatic carbocycles. The van der Waals surface area contributed by atoms with Gasteiger partial charge >= 0.3 is 17.9 Å². The Bertz CT molecular complexity index is 578. The molecule has 1 aromatic rings. The van der Waals surface area contributed by atoms with Crippen LogP contribution in [0.5, 0.6) is 5.75 Å². The number of ether oxygens (including phenoxy) is 4. The predicted molar refractivity (Wildman–Crippen MR) is 72.8 cm³/mol. The SMILES string of the molecule is COC(=O)[C@@H]1C(=O)O[C@H](c2ccc(OC)cc2)[C@H]1C(=O)OC. The van der Waals surface area contributed by atoms with Crippen LogP contribution in [0.4, 0.5) is 0 Å². The summed E-state index contributed by atoms with van der Waals surface area (Å²) in [5.74, 6) is -4.13. The van der Waals surface area contributed by atoms with Crippen molar-refractivity contribution in [3.8, 4) is 5.75 Å². The Balaban J connectivity index is 2.38. The first-order chi connectivity index (χ1) is 10.5. The van der Waals surface area contributed by atoms with Gasteiger partial charge in [0.1, 0.15) is 17.8 Å². The second kappa shape index (κ2) is 6.46. The fourth-order valence-corrected chi connectivity index (χ4v) is 2.43. The van der Waals surface area contributed by atoms with Crippen LogP contribution in [0.2, 0.25) is 0 Å². The van der Waals surface area contributed by atoms with E-state index in [4.69, 9.17) is 14.2 Å². The van der Waals surface area contributed by atoms with Crippen molar-refractivity contribution in [1.29, 1.82) is 0 Å². The maximum absolute atomic E-state index is 12.0. The highest BCUT2D eigenvalue weighted by atomic mass is 16.6. The summed E-state index contributed by atoms with van der Waals surface area (Å²) in [7, 11) is 3.85. The third-order valence-electron chi connectivity index (χ3n) is 3.56. The second-order valence-electron chi connectivity index (χ2n) is 4.68. The Labute approximate surface area is 127 Å². The minimum Gasteiger partial charge on any atom is -0.497 e. The van der Waals surface area contributed by atoms with E-state index in [0.29, 0.717) is 11.3 Å². The van der Waals surface area contributed by atoms with E-state index in [-0.39, 0.29) is 0 Å². The summed E-state index contributed by atoms with van der Waals surface area (Å²) in [4.78, 5) is 35.7. The quantitative estimate of drug-likeness (QED) is 0.463. The van der Waals surface area contributed by atoms with Crippen LogP contribution in [0.25, 0.3) is 0 Å². The molecule has 1 fully saturated rings. The number of benzene rings is 1. The van der Waals surface area contributed by atoms with Gasteiger partial charge in [0, 0.05) is 0 Å². The molecule has 2 rings (SSSR count). The molecule has 0 aromatic heterocycles. The molecular formula is C15H16O7. The molecule has 0 N–H and O–H groups in total. The van der Waals surface area contributed by atoms with E-state index in [9.17, 15) is 14.4 Å². The van der Waals surface area contributed by atoms with Crippen molar-refractivity contribution in [2.75, 3.05) is 21.3 Å². The first kappa shape index (κ1) is 15.8. The highest BCUT2D eigenvalue weighted by Crippen LogP contribution is 2.41. The number of rotatable bonds is 4. The molecule has 22 heavy (non-hydrogen) atoms. The van der Waals surface area contributed by atoms with Gasteiger partial charge in [0.2, 0.25) is 0 Å². The summed E-state index contributed by atoms with van der Waals surface area (Å²) in [5.41, 5.74) is 0.566. The zero-order valence-electron chi connectivity index (χ0n) is 12.4. The lowest BCUT2D eigenvalue weighted by Crippen LogP contribution is -2.33. The van der Waals surface area contributed by atoms with Gasteiger partial charge in [-0.05, 0) is 17.7 Å². The van der Waals surface area contributed by atoms with Crippen LogP contribution in [0.1, 0.15) is 11.7 Å². The number of cyclic esters (lactones) is 1. The van der Waals surface area contributed by atoms with E-state index in [1.165, 1.54) is 14.2 Å². The number of carbonyl (C=O) groups is 3. The highest BCUT2D eigenvalue weighted by Gasteiger charge is 2.54. The van der Waals surface area contributed by atoms with Crippen LogP contribution in [0.15, 0.2) is 24.3 Å². The predicted octanol–water partition coefficient (Wildman–Crippen LogP) is 0.871. The molecule has 0 radical (unpaired) electrons. The fraction of sp³-hybridized carbons (Fsp3) is 0.400. The van der Waals surface area contributed by atoms with Gasteiger partial charge < -0.3 is 18.9 Å². The normalized spacial score (nSPS) is 23.6. The van der Waals surface area contributed by atoms with E-state index in [1.54, 1.807) is 24.3 Å². The standard InChI is InChI=1S/C15H16O7/c1-19-9-6-4-8(5-7-9)12-10(13(16)20-2)11(14(17)21-3)15(18)22-12/h4-7,10-12H,1-3H3/t10-,11+,12+/m0/s1. The van der Waals surface area contributed by atoms with E-state index < -0.39 is 35.8 Å². The zero-order chi connectivity index (χ0) is 16.3. The molecule has 0 spiro atoms. The van der Waals surface area contributed by atoms with Crippen molar-refractivity contribution in [1.82, 2.24) is 0 Å². The number of carbonyl (C=O) groups excluding carboxylic acids is 3. The Kier molecular flexibility index (Phi) is 4.65. The van der Waals surface area contributed by atoms with Crippen molar-refractivity contribution in [2.45, 2.75) is 6.10 Å². The topological polar surface area (TPSA) is 88.1 Å². The maximum Gasteiger partial charge on any atom is 0.322 e. The summed E-state index contributed by atoms with van der Waals surface area (Å²) in [6.45, 7) is 0. The van der Waals surface area contributed by atoms with Gasteiger partial charge in [0.25, 0.3) is 0 Å². The van der Waals surface area contributed by atoms with E-state index >= 15 is 0 Å². The molecule has 0 bridgehead atoms. The van der Waals surface area contributed by atoms with Crippen LogP contribution in [0.3, 0.4) is 0 Å². The molecule has 0 saturated carbocycles. The van der Waals surface area contributed by atoms with Gasteiger partial charge in [-0.25, -0.2) is 0 Å². The number of esters is 3. The van der Waals surface area contributed by atoms with Crippen molar-refractivity contribution in [3.05, 3.63) is 29.8 Å². The van der Waals surface area contributed by atoms with E-state index in [0.717, 1.165) is 7.11 Å². The molecule has 7 nitrogen and oxygen atoms in total. The third-order valence-corrected chi connectivity index (χ3v) is 3.56. The Morgan fingerprint density at radius 1 is 1.00 bits per heavy atom. The lowest BCUT2D eigenvalue weighted by atomic mass is 9.87. The summed E-state index contributed by atoms with van der Waals surface area (Å²) in [5, 5.41) is 0. The fourth-order valence-electron chi connectivity index (χ4n) is 2.43.